The summed E-state index contributed by atoms with van der Waals surface area (Å²) in [5.74, 6) is 0. The Kier molecular flexibility index (Phi) is 3.59. The molecule has 0 aliphatic carbocycles. The predicted molar refractivity (Wildman–Crippen MR) is 77.4 cm³/mol. The second-order valence-electron chi connectivity index (χ2n) is 4.39. The minimum absolute atomic E-state index is 0.529. The van der Waals surface area contributed by atoms with Gasteiger partial charge in [0.05, 0.1) is 0 Å². The lowest BCUT2D eigenvalue weighted by Crippen LogP contribution is -2.35. The molecule has 1 atom stereocenters. The van der Waals surface area contributed by atoms with Crippen molar-refractivity contribution in [1.29, 1.82) is 0 Å². The van der Waals surface area contributed by atoms with Crippen molar-refractivity contribution in [1.82, 2.24) is 5.32 Å². The number of hydrogen-bond donors (Lipinski definition) is 1. The molecule has 1 N–H and O–H groups in total. The molecular formula is C15H14ClNS. The molecule has 2 aromatic rings. The van der Waals surface area contributed by atoms with Gasteiger partial charge in [0.1, 0.15) is 0 Å². The van der Waals surface area contributed by atoms with E-state index in [1.54, 1.807) is 11.8 Å². The smallest absolute Gasteiger partial charge is 0.0406 e. The van der Waals surface area contributed by atoms with Crippen LogP contribution < -0.4 is 5.32 Å². The van der Waals surface area contributed by atoms with Gasteiger partial charge in [0.25, 0.3) is 0 Å². The number of hydrogen-bond acceptors (Lipinski definition) is 2. The Morgan fingerprint density at radius 1 is 1.06 bits per heavy atom. The van der Waals surface area contributed by atoms with Crippen LogP contribution in [0.15, 0.2) is 58.3 Å². The van der Waals surface area contributed by atoms with Crippen molar-refractivity contribution >= 4 is 23.4 Å². The van der Waals surface area contributed by atoms with Crippen LogP contribution in [-0.4, -0.2) is 6.54 Å². The van der Waals surface area contributed by atoms with Crippen LogP contribution in [0.5, 0.6) is 0 Å². The van der Waals surface area contributed by atoms with Crippen LogP contribution in [0, 0.1) is 0 Å². The Hall–Kier alpha value is -0.960. The van der Waals surface area contributed by atoms with Crippen molar-refractivity contribution in [2.24, 2.45) is 0 Å². The van der Waals surface area contributed by atoms with Crippen molar-refractivity contribution in [2.75, 3.05) is 6.54 Å². The molecule has 3 heteroatoms. The van der Waals surface area contributed by atoms with Gasteiger partial charge in [-0.05, 0) is 48.9 Å². The number of halogens is 1. The molecule has 18 heavy (non-hydrogen) atoms. The summed E-state index contributed by atoms with van der Waals surface area (Å²) >= 11 is 7.71. The monoisotopic (exact) mass is 275 g/mol. The highest BCUT2D eigenvalue weighted by molar-refractivity contribution is 7.99. The molecular weight excluding hydrogens is 262 g/mol. The molecule has 1 heterocycles. The van der Waals surface area contributed by atoms with E-state index in [1.165, 1.54) is 21.8 Å². The molecule has 1 saturated heterocycles. The second-order valence-corrected chi connectivity index (χ2v) is 5.94. The summed E-state index contributed by atoms with van der Waals surface area (Å²) in [6.07, 6.45) is 1.23. The van der Waals surface area contributed by atoms with Crippen LogP contribution in [0.25, 0.3) is 0 Å². The van der Waals surface area contributed by atoms with Gasteiger partial charge >= 0.3 is 0 Å². The minimum Gasteiger partial charge on any atom is -0.310 e. The fourth-order valence-corrected chi connectivity index (χ4v) is 3.17. The normalized spacial score (nSPS) is 18.4. The molecule has 1 nitrogen and oxygen atoms in total. The molecule has 0 aromatic heterocycles. The Bertz CT molecular complexity index is 534. The standard InChI is InChI=1S/C15H14ClNS/c16-11-5-7-12(8-6-11)18-15-4-2-1-3-13(15)14-9-10-17-14/h1-8,14,17H,9-10H2/t14-/m0/s1. The van der Waals surface area contributed by atoms with Gasteiger partial charge in [-0.1, -0.05) is 41.6 Å². The summed E-state index contributed by atoms with van der Waals surface area (Å²) in [6.45, 7) is 1.13. The van der Waals surface area contributed by atoms with E-state index in [2.05, 4.69) is 41.7 Å². The molecule has 0 saturated carbocycles. The first-order valence-corrected chi connectivity index (χ1v) is 7.28. The Morgan fingerprint density at radius 2 is 1.78 bits per heavy atom. The van der Waals surface area contributed by atoms with Crippen LogP contribution in [0.1, 0.15) is 18.0 Å². The lowest BCUT2D eigenvalue weighted by atomic mass is 9.98. The summed E-state index contributed by atoms with van der Waals surface area (Å²) in [5.41, 5.74) is 1.41. The third kappa shape index (κ3) is 2.56. The third-order valence-electron chi connectivity index (χ3n) is 3.16. The summed E-state index contributed by atoms with van der Waals surface area (Å²) < 4.78 is 0. The summed E-state index contributed by atoms with van der Waals surface area (Å²) in [5, 5.41) is 4.25. The zero-order valence-corrected chi connectivity index (χ0v) is 11.5. The lowest BCUT2D eigenvalue weighted by molar-refractivity contribution is 0.378. The second kappa shape index (κ2) is 5.35. The van der Waals surface area contributed by atoms with Crippen molar-refractivity contribution in [3.05, 3.63) is 59.1 Å². The zero-order valence-electron chi connectivity index (χ0n) is 9.90. The van der Waals surface area contributed by atoms with Crippen molar-refractivity contribution in [3.63, 3.8) is 0 Å². The first kappa shape index (κ1) is 12.1. The van der Waals surface area contributed by atoms with E-state index in [4.69, 9.17) is 11.6 Å². The molecule has 0 radical (unpaired) electrons. The number of nitrogens with one attached hydrogen (secondary N) is 1. The van der Waals surface area contributed by atoms with E-state index >= 15 is 0 Å². The number of benzene rings is 2. The van der Waals surface area contributed by atoms with Gasteiger partial charge < -0.3 is 5.32 Å². The molecule has 0 spiro atoms. The van der Waals surface area contributed by atoms with Crippen molar-refractivity contribution in [2.45, 2.75) is 22.3 Å². The topological polar surface area (TPSA) is 12.0 Å². The largest absolute Gasteiger partial charge is 0.310 e. The molecule has 0 amide bonds. The molecule has 1 aliphatic heterocycles. The van der Waals surface area contributed by atoms with Gasteiger partial charge in [-0.25, -0.2) is 0 Å². The summed E-state index contributed by atoms with van der Waals surface area (Å²) in [6, 6.07) is 17.2. The minimum atomic E-state index is 0.529. The molecule has 0 bridgehead atoms. The summed E-state index contributed by atoms with van der Waals surface area (Å²) in [4.78, 5) is 2.56. The zero-order chi connectivity index (χ0) is 12.4. The van der Waals surface area contributed by atoms with Gasteiger partial charge in [-0.2, -0.15) is 0 Å². The fourth-order valence-electron chi connectivity index (χ4n) is 2.05. The maximum absolute atomic E-state index is 5.91. The Morgan fingerprint density at radius 3 is 2.44 bits per heavy atom. The van der Waals surface area contributed by atoms with E-state index in [0.717, 1.165) is 11.6 Å². The highest BCUT2D eigenvalue weighted by atomic mass is 35.5. The summed E-state index contributed by atoms with van der Waals surface area (Å²) in [7, 11) is 0. The molecule has 1 aliphatic rings. The Balaban J connectivity index is 1.85. The van der Waals surface area contributed by atoms with Gasteiger partial charge in [0, 0.05) is 20.9 Å². The lowest BCUT2D eigenvalue weighted by Gasteiger charge is -2.29. The van der Waals surface area contributed by atoms with E-state index in [-0.39, 0.29) is 0 Å². The van der Waals surface area contributed by atoms with Gasteiger partial charge in [-0.3, -0.25) is 0 Å². The predicted octanol–water partition coefficient (Wildman–Crippen LogP) is 4.53. The highest BCUT2D eigenvalue weighted by Gasteiger charge is 2.21. The van der Waals surface area contributed by atoms with Crippen LogP contribution in [0.3, 0.4) is 0 Å². The molecule has 3 rings (SSSR count). The highest BCUT2D eigenvalue weighted by Crippen LogP contribution is 2.36. The molecule has 1 fully saturated rings. The fraction of sp³-hybridized carbons (Fsp3) is 0.200. The maximum atomic E-state index is 5.91. The van der Waals surface area contributed by atoms with Crippen LogP contribution in [0.4, 0.5) is 0 Å². The van der Waals surface area contributed by atoms with Crippen LogP contribution >= 0.6 is 23.4 Å². The van der Waals surface area contributed by atoms with E-state index in [9.17, 15) is 0 Å². The maximum Gasteiger partial charge on any atom is 0.0406 e. The first-order chi connectivity index (χ1) is 8.83. The SMILES string of the molecule is Clc1ccc(Sc2ccccc2[C@@H]2CCN2)cc1. The van der Waals surface area contributed by atoms with Crippen molar-refractivity contribution in [3.8, 4) is 0 Å². The third-order valence-corrected chi connectivity index (χ3v) is 4.51. The van der Waals surface area contributed by atoms with Crippen molar-refractivity contribution < 1.29 is 0 Å². The first-order valence-electron chi connectivity index (χ1n) is 6.09. The average Bonchev–Trinajstić information content (AvgIpc) is 2.32. The quantitative estimate of drug-likeness (QED) is 0.883. The van der Waals surface area contributed by atoms with E-state index in [1.807, 2.05) is 12.1 Å². The van der Waals surface area contributed by atoms with Crippen LogP contribution in [-0.2, 0) is 0 Å². The van der Waals surface area contributed by atoms with Gasteiger partial charge in [-0.15, -0.1) is 0 Å². The molecule has 0 unspecified atom stereocenters. The molecule has 2 aromatic carbocycles. The van der Waals surface area contributed by atoms with Gasteiger partial charge in [0.15, 0.2) is 0 Å². The van der Waals surface area contributed by atoms with Crippen LogP contribution in [0.2, 0.25) is 5.02 Å². The number of rotatable bonds is 3. The molecule has 92 valence electrons. The van der Waals surface area contributed by atoms with E-state index < -0.39 is 0 Å². The Labute approximate surface area is 117 Å². The average molecular weight is 276 g/mol. The van der Waals surface area contributed by atoms with Gasteiger partial charge in [0.2, 0.25) is 0 Å². The van der Waals surface area contributed by atoms with E-state index in [0.29, 0.717) is 6.04 Å².